The monoisotopic (exact) mass is 716 g/mol. The molecule has 51 heavy (non-hydrogen) atoms. The Bertz CT molecular complexity index is 1130. The molecule has 298 valence electrons. The molecule has 0 spiro atoms. The van der Waals surface area contributed by atoms with Gasteiger partial charge < -0.3 is 15.5 Å². The molecule has 0 aliphatic carbocycles. The van der Waals surface area contributed by atoms with Gasteiger partial charge in [0.15, 0.2) is 0 Å². The van der Waals surface area contributed by atoms with Crippen molar-refractivity contribution < 1.29 is 4.84 Å². The Hall–Kier alpha value is -1.22. The number of hydrogen-bond acceptors (Lipinski definition) is 5. The zero-order valence-electron chi connectivity index (χ0n) is 36.8. The number of likely N-dealkylation sites (tertiary alicyclic amines) is 2. The van der Waals surface area contributed by atoms with Crippen LogP contribution in [-0.2, 0) is 4.84 Å². The second-order valence-corrected chi connectivity index (χ2v) is 21.1. The van der Waals surface area contributed by atoms with Crippen LogP contribution in [0.4, 0.5) is 0 Å². The lowest BCUT2D eigenvalue weighted by atomic mass is 9.67. The van der Waals surface area contributed by atoms with Gasteiger partial charge in [-0.1, -0.05) is 45.4 Å². The van der Waals surface area contributed by atoms with Crippen molar-refractivity contribution in [3.05, 3.63) is 0 Å². The fraction of sp³-hybridized carbons (Fsp3) is 0.953. The van der Waals surface area contributed by atoms with Crippen LogP contribution in [0.1, 0.15) is 173 Å². The summed E-state index contributed by atoms with van der Waals surface area (Å²) in [5.41, 5.74) is 7.41. The lowest BCUT2D eigenvalue weighted by molar-refractivity contribution is -0.270. The molecular weight excluding hydrogens is 631 g/mol. The molecule has 0 aromatic rings. The lowest BCUT2D eigenvalue weighted by Gasteiger charge is -2.55. The van der Waals surface area contributed by atoms with E-state index in [4.69, 9.17) is 15.6 Å². The molecule has 3 fully saturated rings. The van der Waals surface area contributed by atoms with Crippen LogP contribution in [0.2, 0.25) is 0 Å². The van der Waals surface area contributed by atoms with Crippen molar-refractivity contribution in [3.63, 3.8) is 0 Å². The topological polar surface area (TPSA) is 84.4 Å². The van der Waals surface area contributed by atoms with Gasteiger partial charge >= 0.3 is 0 Å². The Kier molecular flexibility index (Phi) is 14.1. The number of guanidine groups is 1. The maximum absolute atomic E-state index is 9.18. The van der Waals surface area contributed by atoms with Gasteiger partial charge in [-0.15, -0.1) is 0 Å². The summed E-state index contributed by atoms with van der Waals surface area (Å²) in [6.45, 7) is 30.7. The molecule has 0 aromatic heterocycles. The first-order valence-electron chi connectivity index (χ1n) is 20.7. The molecule has 3 aliphatic rings. The summed E-state index contributed by atoms with van der Waals surface area (Å²) >= 11 is 0. The van der Waals surface area contributed by atoms with Gasteiger partial charge in [-0.2, -0.15) is 5.06 Å². The molecule has 0 aromatic carbocycles. The van der Waals surface area contributed by atoms with E-state index < -0.39 is 0 Å². The summed E-state index contributed by atoms with van der Waals surface area (Å²) in [4.78, 5) is 18.0. The average molecular weight is 716 g/mol. The second kappa shape index (κ2) is 16.3. The van der Waals surface area contributed by atoms with Gasteiger partial charge in [0.1, 0.15) is 5.84 Å². The number of hydroxylamine groups is 2. The normalized spacial score (nSPS) is 27.3. The van der Waals surface area contributed by atoms with E-state index in [2.05, 4.69) is 124 Å². The predicted octanol–water partition coefficient (Wildman–Crippen LogP) is 9.57. The first kappa shape index (κ1) is 44.2. The van der Waals surface area contributed by atoms with Crippen LogP contribution in [0.5, 0.6) is 0 Å². The van der Waals surface area contributed by atoms with E-state index in [1.165, 1.54) is 51.4 Å². The van der Waals surface area contributed by atoms with E-state index >= 15 is 0 Å². The van der Waals surface area contributed by atoms with Crippen LogP contribution in [0.15, 0.2) is 4.99 Å². The first-order chi connectivity index (χ1) is 23.2. The summed E-state index contributed by atoms with van der Waals surface area (Å²) < 4.78 is 0. The Labute approximate surface area is 316 Å². The standard InChI is InChI=1S/C43H85N7O/c1-18-31(32-25-38(2,3)48(15)39(4,5)26-32)23-21-19-20-22-24-35(33-27-40(6,7)49(16)41(8,9)28-33)36(44)46-37(45)47(14)34-29-42(10,11)50(51-17)43(12,13)30-34/h31-35H,18-30H2,1-17H3,(H3,44,45,46). The number of nitrogens with zero attached hydrogens (tertiary/aromatic N) is 5. The van der Waals surface area contributed by atoms with E-state index in [1.807, 2.05) is 7.05 Å². The number of piperidine rings is 3. The number of hydrogen-bond donors (Lipinski definition) is 2. The highest BCUT2D eigenvalue weighted by molar-refractivity contribution is 5.95. The van der Waals surface area contributed by atoms with E-state index in [0.29, 0.717) is 11.8 Å². The van der Waals surface area contributed by atoms with E-state index in [-0.39, 0.29) is 51.2 Å². The van der Waals surface area contributed by atoms with Gasteiger partial charge in [0.25, 0.3) is 0 Å². The van der Waals surface area contributed by atoms with E-state index in [9.17, 15) is 5.41 Å². The molecule has 3 rings (SSSR count). The smallest absolute Gasteiger partial charge is 0.219 e. The third-order valence-corrected chi connectivity index (χ3v) is 14.5. The van der Waals surface area contributed by atoms with Crippen molar-refractivity contribution in [1.82, 2.24) is 19.8 Å². The number of rotatable bonds is 13. The summed E-state index contributed by atoms with van der Waals surface area (Å²) in [5, 5.41) is 11.3. The van der Waals surface area contributed by atoms with Crippen molar-refractivity contribution in [1.29, 1.82) is 5.41 Å². The maximum atomic E-state index is 9.18. The lowest BCUT2D eigenvalue weighted by Crippen LogP contribution is -2.63. The van der Waals surface area contributed by atoms with Gasteiger partial charge in [0.05, 0.1) is 7.11 Å². The third-order valence-electron chi connectivity index (χ3n) is 14.5. The highest BCUT2D eigenvalue weighted by atomic mass is 16.7. The highest BCUT2D eigenvalue weighted by Crippen LogP contribution is 2.46. The quantitative estimate of drug-likeness (QED) is 0.112. The number of amidine groups is 1. The molecular formula is C43H85N7O. The minimum atomic E-state index is -0.157. The van der Waals surface area contributed by atoms with Crippen molar-refractivity contribution in [3.8, 4) is 0 Å². The molecule has 3 heterocycles. The van der Waals surface area contributed by atoms with E-state index in [1.54, 1.807) is 7.11 Å². The Morgan fingerprint density at radius 2 is 1.12 bits per heavy atom. The predicted molar refractivity (Wildman–Crippen MR) is 219 cm³/mol. The van der Waals surface area contributed by atoms with Crippen LogP contribution < -0.4 is 5.73 Å². The van der Waals surface area contributed by atoms with Gasteiger partial charge in [-0.3, -0.25) is 15.2 Å². The van der Waals surface area contributed by atoms with Crippen LogP contribution in [-0.4, -0.2) is 99.1 Å². The van der Waals surface area contributed by atoms with Crippen LogP contribution >= 0.6 is 0 Å². The van der Waals surface area contributed by atoms with Gasteiger partial charge in [-0.05, 0) is 160 Å². The average Bonchev–Trinajstić information content (AvgIpc) is 2.97. The molecule has 2 unspecified atom stereocenters. The molecule has 3 N–H and O–H groups in total. The molecule has 0 bridgehead atoms. The van der Waals surface area contributed by atoms with Crippen molar-refractivity contribution >= 4 is 11.8 Å². The summed E-state index contributed by atoms with van der Waals surface area (Å²) in [6, 6.07) is 0.184. The summed E-state index contributed by atoms with van der Waals surface area (Å²) in [7, 11) is 8.41. The zero-order chi connectivity index (χ0) is 39.0. The molecule has 3 aliphatic heterocycles. The summed E-state index contributed by atoms with van der Waals surface area (Å²) in [5.74, 6) is 3.21. The van der Waals surface area contributed by atoms with Gasteiger partial charge in [-0.25, -0.2) is 4.99 Å². The highest BCUT2D eigenvalue weighted by Gasteiger charge is 2.49. The van der Waals surface area contributed by atoms with Crippen LogP contribution in [0, 0.1) is 29.1 Å². The molecule has 0 amide bonds. The van der Waals surface area contributed by atoms with Gasteiger partial charge in [0, 0.05) is 52.2 Å². The second-order valence-electron chi connectivity index (χ2n) is 21.1. The van der Waals surface area contributed by atoms with Crippen molar-refractivity contribution in [2.75, 3.05) is 28.3 Å². The Balaban J connectivity index is 1.70. The van der Waals surface area contributed by atoms with E-state index in [0.717, 1.165) is 43.9 Å². The first-order valence-corrected chi connectivity index (χ1v) is 20.7. The largest absolute Gasteiger partial charge is 0.387 e. The number of unbranched alkanes of at least 4 members (excludes halogenated alkanes) is 3. The molecule has 8 nitrogen and oxygen atoms in total. The van der Waals surface area contributed by atoms with Crippen LogP contribution in [0.3, 0.4) is 0 Å². The number of nitrogens with two attached hydrogens (primary N) is 1. The molecule has 3 saturated heterocycles. The molecule has 0 radical (unpaired) electrons. The molecule has 8 heteroatoms. The Morgan fingerprint density at radius 1 is 0.706 bits per heavy atom. The minimum absolute atomic E-state index is 0.0773. The maximum Gasteiger partial charge on any atom is 0.219 e. The SMILES string of the molecule is CCC(CCCCCCC(C(N)=NC(=N)N(C)C1CC(C)(C)N(OC)C(C)(C)C1)C1CC(C)(C)N(C)C(C)(C)C1)C1CC(C)(C)N(C)C(C)(C)C1. The number of aliphatic imine (C=N–C) groups is 1. The summed E-state index contributed by atoms with van der Waals surface area (Å²) in [6.07, 6.45) is 15.3. The minimum Gasteiger partial charge on any atom is -0.387 e. The fourth-order valence-corrected chi connectivity index (χ4v) is 11.5. The molecule has 2 atom stereocenters. The molecule has 0 saturated carbocycles. The Morgan fingerprint density at radius 3 is 1.53 bits per heavy atom. The third kappa shape index (κ3) is 10.3. The fourth-order valence-electron chi connectivity index (χ4n) is 11.5. The van der Waals surface area contributed by atoms with Crippen molar-refractivity contribution in [2.24, 2.45) is 34.4 Å². The van der Waals surface area contributed by atoms with Crippen LogP contribution in [0.25, 0.3) is 0 Å². The number of nitrogens with one attached hydrogen (secondary N) is 1. The zero-order valence-corrected chi connectivity index (χ0v) is 36.8. The van der Waals surface area contributed by atoms with Gasteiger partial charge in [0.2, 0.25) is 5.96 Å². The van der Waals surface area contributed by atoms with Crippen molar-refractivity contribution in [2.45, 2.75) is 213 Å².